The van der Waals surface area contributed by atoms with Crippen molar-refractivity contribution in [3.8, 4) is 0 Å². The van der Waals surface area contributed by atoms with Crippen LogP contribution < -0.4 is 5.32 Å². The van der Waals surface area contributed by atoms with Gasteiger partial charge < -0.3 is 19.2 Å². The molecule has 1 amide bonds. The highest BCUT2D eigenvalue weighted by molar-refractivity contribution is 6.74. The molecule has 0 aromatic heterocycles. The summed E-state index contributed by atoms with van der Waals surface area (Å²) in [6.45, 7) is 18.7. The Labute approximate surface area is 160 Å². The first-order chi connectivity index (χ1) is 11.6. The molecule has 1 N–H and O–H groups in total. The van der Waals surface area contributed by atoms with E-state index in [4.69, 9.17) is 13.9 Å². The van der Waals surface area contributed by atoms with Crippen LogP contribution in [0.25, 0.3) is 0 Å². The highest BCUT2D eigenvalue weighted by Gasteiger charge is 2.38. The third kappa shape index (κ3) is 8.53. The lowest BCUT2D eigenvalue weighted by Crippen LogP contribution is -2.47. The molecular formula is C19H39NO5Si. The molecule has 0 aliphatic heterocycles. The lowest BCUT2D eigenvalue weighted by atomic mass is 9.94. The fraction of sp³-hybridized carbons (Fsp3) is 0.895. The van der Waals surface area contributed by atoms with Gasteiger partial charge in [0, 0.05) is 12.6 Å². The van der Waals surface area contributed by atoms with Crippen LogP contribution >= 0.6 is 0 Å². The highest BCUT2D eigenvalue weighted by Crippen LogP contribution is 2.36. The Kier molecular flexibility index (Phi) is 9.33. The van der Waals surface area contributed by atoms with Gasteiger partial charge in [-0.3, -0.25) is 4.79 Å². The molecule has 0 spiro atoms. The van der Waals surface area contributed by atoms with Crippen LogP contribution in [0.5, 0.6) is 0 Å². The van der Waals surface area contributed by atoms with Crippen molar-refractivity contribution in [2.75, 3.05) is 13.7 Å². The first kappa shape index (κ1) is 24.9. The highest BCUT2D eigenvalue weighted by atomic mass is 28.4. The number of amides is 1. The van der Waals surface area contributed by atoms with Crippen molar-refractivity contribution in [3.05, 3.63) is 0 Å². The SMILES string of the molecule is CC[C@H](C(=O)OC)[C@H](CCO[Si](C)(C)C(C)(C)C)NC(=O)OC(C)(C)C. The lowest BCUT2D eigenvalue weighted by Gasteiger charge is -2.37. The first-order valence-electron chi connectivity index (χ1n) is 9.36. The number of carbonyl (C=O) groups is 2. The number of nitrogens with one attached hydrogen (secondary N) is 1. The van der Waals surface area contributed by atoms with Gasteiger partial charge in [0.2, 0.25) is 0 Å². The van der Waals surface area contributed by atoms with Crippen molar-refractivity contribution in [3.63, 3.8) is 0 Å². The Bertz CT molecular complexity index is 466. The van der Waals surface area contributed by atoms with Gasteiger partial charge in [0.05, 0.1) is 13.0 Å². The number of ether oxygens (including phenoxy) is 2. The smallest absolute Gasteiger partial charge is 0.407 e. The van der Waals surface area contributed by atoms with Crippen molar-refractivity contribution in [1.29, 1.82) is 0 Å². The second-order valence-corrected chi connectivity index (χ2v) is 14.0. The number of hydrogen-bond acceptors (Lipinski definition) is 5. The molecule has 0 radical (unpaired) electrons. The van der Waals surface area contributed by atoms with E-state index in [0.29, 0.717) is 19.4 Å². The van der Waals surface area contributed by atoms with Crippen LogP contribution in [0.1, 0.15) is 61.3 Å². The Morgan fingerprint density at radius 3 is 2.00 bits per heavy atom. The second kappa shape index (κ2) is 9.74. The summed E-state index contributed by atoms with van der Waals surface area (Å²) in [6.07, 6.45) is 0.559. The second-order valence-electron chi connectivity index (χ2n) is 9.19. The van der Waals surface area contributed by atoms with Crippen LogP contribution in [0.3, 0.4) is 0 Å². The molecule has 0 aliphatic rings. The molecule has 0 saturated heterocycles. The lowest BCUT2D eigenvalue weighted by molar-refractivity contribution is -0.146. The quantitative estimate of drug-likeness (QED) is 0.489. The van der Waals surface area contributed by atoms with Crippen molar-refractivity contribution < 1.29 is 23.5 Å². The van der Waals surface area contributed by atoms with Gasteiger partial charge in [-0.1, -0.05) is 27.7 Å². The van der Waals surface area contributed by atoms with Crippen LogP contribution in [-0.2, 0) is 18.7 Å². The third-order valence-corrected chi connectivity index (χ3v) is 9.37. The monoisotopic (exact) mass is 389 g/mol. The van der Waals surface area contributed by atoms with Crippen LogP contribution in [0.15, 0.2) is 0 Å². The molecule has 7 heteroatoms. The zero-order valence-corrected chi connectivity index (χ0v) is 19.3. The van der Waals surface area contributed by atoms with Crippen LogP contribution in [0.4, 0.5) is 4.79 Å². The van der Waals surface area contributed by atoms with E-state index < -0.39 is 32.0 Å². The summed E-state index contributed by atoms with van der Waals surface area (Å²) in [5, 5.41) is 2.94. The Hall–Kier alpha value is -1.08. The molecular weight excluding hydrogens is 350 g/mol. The van der Waals surface area contributed by atoms with Crippen molar-refractivity contribution in [2.24, 2.45) is 5.92 Å². The summed E-state index contributed by atoms with van der Waals surface area (Å²) < 4.78 is 16.5. The number of esters is 1. The van der Waals surface area contributed by atoms with Crippen LogP contribution in [0, 0.1) is 5.92 Å². The summed E-state index contributed by atoms with van der Waals surface area (Å²) in [5.41, 5.74) is -0.598. The minimum Gasteiger partial charge on any atom is -0.469 e. The molecule has 0 saturated carbocycles. The van der Waals surface area contributed by atoms with Gasteiger partial charge in [-0.05, 0) is 51.7 Å². The maximum Gasteiger partial charge on any atom is 0.407 e. The molecule has 0 heterocycles. The van der Waals surface area contributed by atoms with Gasteiger partial charge in [-0.25, -0.2) is 4.79 Å². The van der Waals surface area contributed by atoms with Gasteiger partial charge in [0.25, 0.3) is 0 Å². The minimum absolute atomic E-state index is 0.105. The average Bonchev–Trinajstić information content (AvgIpc) is 2.43. The predicted molar refractivity (Wildman–Crippen MR) is 107 cm³/mol. The zero-order valence-electron chi connectivity index (χ0n) is 18.3. The summed E-state index contributed by atoms with van der Waals surface area (Å²) >= 11 is 0. The van der Waals surface area contributed by atoms with E-state index in [1.165, 1.54) is 7.11 Å². The summed E-state index contributed by atoms with van der Waals surface area (Å²) in [6, 6.07) is -0.396. The maximum atomic E-state index is 12.2. The van der Waals surface area contributed by atoms with Gasteiger partial charge in [-0.2, -0.15) is 0 Å². The molecule has 0 aromatic carbocycles. The predicted octanol–water partition coefficient (Wildman–Crippen LogP) is 4.49. The number of carbonyl (C=O) groups excluding carboxylic acids is 2. The van der Waals surface area contributed by atoms with E-state index >= 15 is 0 Å². The van der Waals surface area contributed by atoms with Crippen molar-refractivity contribution in [1.82, 2.24) is 5.32 Å². The number of methoxy groups -OCH3 is 1. The Morgan fingerprint density at radius 2 is 1.62 bits per heavy atom. The molecule has 0 bridgehead atoms. The van der Waals surface area contributed by atoms with Crippen LogP contribution in [0.2, 0.25) is 18.1 Å². The molecule has 26 heavy (non-hydrogen) atoms. The van der Waals surface area contributed by atoms with Gasteiger partial charge in [-0.15, -0.1) is 0 Å². The standard InChI is InChI=1S/C19H39NO5Si/c1-11-14(16(21)23-8)15(20-17(22)25-18(2,3)4)12-13-24-26(9,10)19(5,6)7/h14-15H,11-13H2,1-10H3,(H,20,22)/t14-,15-/m0/s1. The zero-order chi connectivity index (χ0) is 20.8. The topological polar surface area (TPSA) is 73.9 Å². The van der Waals surface area contributed by atoms with Gasteiger partial charge in [0.15, 0.2) is 8.32 Å². The van der Waals surface area contributed by atoms with E-state index in [0.717, 1.165) is 0 Å². The summed E-state index contributed by atoms with van der Waals surface area (Å²) in [4.78, 5) is 24.3. The molecule has 0 aliphatic carbocycles. The third-order valence-electron chi connectivity index (χ3n) is 4.83. The minimum atomic E-state index is -1.89. The summed E-state index contributed by atoms with van der Waals surface area (Å²) in [7, 11) is -0.528. The fourth-order valence-electron chi connectivity index (χ4n) is 2.26. The van der Waals surface area contributed by atoms with E-state index in [1.807, 2.05) is 6.92 Å². The molecule has 0 unspecified atom stereocenters. The number of alkyl carbamates (subject to hydrolysis) is 1. The van der Waals surface area contributed by atoms with Crippen molar-refractivity contribution >= 4 is 20.4 Å². The molecule has 6 nitrogen and oxygen atoms in total. The largest absolute Gasteiger partial charge is 0.469 e. The van der Waals surface area contributed by atoms with Gasteiger partial charge >= 0.3 is 12.1 Å². The molecule has 0 fully saturated rings. The molecule has 154 valence electrons. The molecule has 0 rings (SSSR count). The van der Waals surface area contributed by atoms with Crippen molar-refractivity contribution in [2.45, 2.75) is 91.1 Å². The molecule has 2 atom stereocenters. The fourth-order valence-corrected chi connectivity index (χ4v) is 3.32. The number of rotatable bonds is 8. The normalized spacial score (nSPS) is 15.2. The Balaban J connectivity index is 5.10. The molecule has 0 aromatic rings. The Morgan fingerprint density at radius 1 is 1.08 bits per heavy atom. The van der Waals surface area contributed by atoms with Gasteiger partial charge in [0.1, 0.15) is 5.60 Å². The number of hydrogen-bond donors (Lipinski definition) is 1. The van der Waals surface area contributed by atoms with E-state index in [2.05, 4.69) is 39.2 Å². The van der Waals surface area contributed by atoms with E-state index in [-0.39, 0.29) is 11.0 Å². The first-order valence-corrected chi connectivity index (χ1v) is 12.3. The summed E-state index contributed by atoms with van der Waals surface area (Å²) in [5.74, 6) is -0.767. The van der Waals surface area contributed by atoms with E-state index in [9.17, 15) is 9.59 Å². The van der Waals surface area contributed by atoms with E-state index in [1.54, 1.807) is 20.8 Å². The average molecular weight is 390 g/mol. The maximum absolute atomic E-state index is 12.2. The van der Waals surface area contributed by atoms with Crippen LogP contribution in [-0.4, -0.2) is 45.7 Å².